The molecular formula is C66H81ClO2. The van der Waals surface area contributed by atoms with Crippen molar-refractivity contribution in [1.82, 2.24) is 0 Å². The summed E-state index contributed by atoms with van der Waals surface area (Å²) in [6.07, 6.45) is 10.9. The minimum atomic E-state index is 0.143. The van der Waals surface area contributed by atoms with Gasteiger partial charge in [0.1, 0.15) is 5.75 Å². The average molecular weight is 942 g/mol. The van der Waals surface area contributed by atoms with Gasteiger partial charge in [-0.3, -0.25) is 0 Å². The summed E-state index contributed by atoms with van der Waals surface area (Å²) in [6, 6.07) is 66.4. The number of aliphatic hydroxyl groups excluding tert-OH is 1. The normalized spacial score (nSPS) is 9.86. The van der Waals surface area contributed by atoms with Crippen LogP contribution in [-0.2, 0) is 32.3 Å². The van der Waals surface area contributed by atoms with Gasteiger partial charge in [-0.2, -0.15) is 0 Å². The molecule has 1 N–H and O–H groups in total. The Labute approximate surface area is 423 Å². The molecule has 2 nitrogen and oxygen atoms in total. The third kappa shape index (κ3) is 26.2. The van der Waals surface area contributed by atoms with Crippen LogP contribution in [0.5, 0.6) is 5.75 Å². The lowest BCUT2D eigenvalue weighted by atomic mass is 10.0. The molecule has 0 radical (unpaired) electrons. The number of aliphatic hydroxyl groups is 1. The van der Waals surface area contributed by atoms with Crippen LogP contribution in [0.15, 0.2) is 200 Å². The Bertz CT molecular complexity index is 2500. The van der Waals surface area contributed by atoms with Gasteiger partial charge in [0, 0.05) is 5.02 Å². The van der Waals surface area contributed by atoms with Crippen LogP contribution in [0.4, 0.5) is 0 Å². The number of allylic oxidation sites excluding steroid dienone is 1. The van der Waals surface area contributed by atoms with E-state index in [0.717, 1.165) is 61.5 Å². The van der Waals surface area contributed by atoms with Crippen molar-refractivity contribution < 1.29 is 9.84 Å². The first-order valence-corrected chi connectivity index (χ1v) is 25.3. The van der Waals surface area contributed by atoms with Crippen LogP contribution >= 0.6 is 11.6 Å². The summed E-state index contributed by atoms with van der Waals surface area (Å²) < 4.78 is 5.35. The van der Waals surface area contributed by atoms with E-state index in [9.17, 15) is 0 Å². The second-order valence-electron chi connectivity index (χ2n) is 16.6. The Morgan fingerprint density at radius 2 is 0.986 bits per heavy atom. The molecule has 0 saturated carbocycles. The van der Waals surface area contributed by atoms with Gasteiger partial charge in [0.25, 0.3) is 0 Å². The Balaban J connectivity index is 0.000000277. The Morgan fingerprint density at radius 1 is 0.464 bits per heavy atom. The predicted octanol–water partition coefficient (Wildman–Crippen LogP) is 18.8. The highest BCUT2D eigenvalue weighted by molar-refractivity contribution is 6.30. The van der Waals surface area contributed by atoms with Gasteiger partial charge in [-0.15, -0.1) is 0 Å². The number of hydrogen-bond donors (Lipinski definition) is 1. The van der Waals surface area contributed by atoms with E-state index in [-0.39, 0.29) is 6.61 Å². The summed E-state index contributed by atoms with van der Waals surface area (Å²) in [5, 5.41) is 12.1. The zero-order chi connectivity index (χ0) is 50.5. The van der Waals surface area contributed by atoms with E-state index < -0.39 is 0 Å². The number of ether oxygens (including phenoxy) is 1. The van der Waals surface area contributed by atoms with Crippen LogP contribution in [0.3, 0.4) is 0 Å². The van der Waals surface area contributed by atoms with Gasteiger partial charge < -0.3 is 9.84 Å². The Kier molecular flexibility index (Phi) is 31.4. The van der Waals surface area contributed by atoms with Crippen molar-refractivity contribution in [3.8, 4) is 5.75 Å². The molecule has 8 aromatic rings. The fourth-order valence-corrected chi connectivity index (χ4v) is 6.76. The van der Waals surface area contributed by atoms with Gasteiger partial charge in [-0.25, -0.2) is 0 Å². The van der Waals surface area contributed by atoms with E-state index in [4.69, 9.17) is 21.4 Å². The zero-order valence-electron chi connectivity index (χ0n) is 43.5. The summed E-state index contributed by atoms with van der Waals surface area (Å²) in [4.78, 5) is 0. The second-order valence-corrected chi connectivity index (χ2v) is 17.0. The molecule has 0 bridgehead atoms. The highest BCUT2D eigenvalue weighted by Crippen LogP contribution is 2.19. The van der Waals surface area contributed by atoms with Crippen molar-refractivity contribution in [3.05, 3.63) is 261 Å². The molecule has 0 atom stereocenters. The number of fused-ring (bicyclic) bond motifs is 1. The number of benzene rings is 8. The molecule has 0 unspecified atom stereocenters. The molecule has 69 heavy (non-hydrogen) atoms. The molecule has 0 aliphatic carbocycles. The molecule has 8 rings (SSSR count). The lowest BCUT2D eigenvalue weighted by molar-refractivity contribution is 0.282. The van der Waals surface area contributed by atoms with E-state index in [0.29, 0.717) is 0 Å². The van der Waals surface area contributed by atoms with Crippen molar-refractivity contribution in [2.45, 2.75) is 114 Å². The lowest BCUT2D eigenvalue weighted by Gasteiger charge is -2.03. The van der Waals surface area contributed by atoms with Crippen molar-refractivity contribution in [1.29, 1.82) is 0 Å². The second kappa shape index (κ2) is 36.8. The molecular weight excluding hydrogens is 860 g/mol. The molecule has 0 saturated heterocycles. The van der Waals surface area contributed by atoms with Crippen LogP contribution in [0.25, 0.3) is 16.8 Å². The summed E-state index contributed by atoms with van der Waals surface area (Å²) in [6.45, 7) is 22.3. The molecule has 3 heteroatoms. The highest BCUT2D eigenvalue weighted by Gasteiger charge is 1.96. The third-order valence-electron chi connectivity index (χ3n) is 10.9. The summed E-state index contributed by atoms with van der Waals surface area (Å²) >= 11 is 5.74. The number of hydrogen-bond acceptors (Lipinski definition) is 2. The van der Waals surface area contributed by atoms with Crippen LogP contribution in [0.2, 0.25) is 5.02 Å². The van der Waals surface area contributed by atoms with E-state index in [2.05, 4.69) is 215 Å². The molecule has 0 amide bonds. The van der Waals surface area contributed by atoms with Gasteiger partial charge in [-0.1, -0.05) is 252 Å². The molecule has 0 fully saturated rings. The third-order valence-corrected chi connectivity index (χ3v) is 11.1. The Hall–Kier alpha value is -6.19. The van der Waals surface area contributed by atoms with E-state index >= 15 is 0 Å². The maximum Gasteiger partial charge on any atom is 0.120 e. The SMILES string of the molecule is CCC=Cc1ccccc1.CCCOc1cccc(Cl)c1.CCc1ccc(C)cc1.CCc1ccc(CO)cc1.CCc1ccccc1.CCc1ccccc1C.Cc1ccc2c(C)cccc2c1. The molecule has 0 aliphatic heterocycles. The molecule has 0 aliphatic rings. The Morgan fingerprint density at radius 3 is 1.51 bits per heavy atom. The van der Waals surface area contributed by atoms with E-state index in [1.54, 1.807) is 0 Å². The maximum absolute atomic E-state index is 8.70. The lowest BCUT2D eigenvalue weighted by Crippen LogP contribution is -1.93. The van der Waals surface area contributed by atoms with Crippen LogP contribution in [0, 0.1) is 27.7 Å². The number of rotatable bonds is 10. The van der Waals surface area contributed by atoms with Crippen molar-refractivity contribution in [2.24, 2.45) is 0 Å². The zero-order valence-corrected chi connectivity index (χ0v) is 44.3. The molecule has 8 aromatic carbocycles. The predicted molar refractivity (Wildman–Crippen MR) is 305 cm³/mol. The minimum absolute atomic E-state index is 0.143. The van der Waals surface area contributed by atoms with Gasteiger partial charge in [0.05, 0.1) is 13.2 Å². The minimum Gasteiger partial charge on any atom is -0.494 e. The standard InChI is InChI=1S/C12H12.C10H12.C9H11ClO.C9H12O.2C9H12.C8H10/c1-9-6-7-12-10(2)4-3-5-11(12)8-9;1-2-3-7-10-8-5-4-6-9-10;1-2-6-11-9-5-3-4-8(10)7-9;1-2-8-3-5-9(7-10)6-4-8;1-3-9-6-4-8(2)5-7-9;1-3-9-7-5-4-6-8(9)2;1-2-8-6-4-3-5-7-8/h3-8H,1-2H3;3-9H,2H2,1H3;3-5,7H,2,6H2,1H3;3-6,10H,2,7H2,1H3;2*4-7H,3H2,1-2H3;3-7H,2H2,1H3. The number of aryl methyl sites for hydroxylation is 8. The van der Waals surface area contributed by atoms with Gasteiger partial charge in [-0.05, 0) is 140 Å². The molecule has 364 valence electrons. The van der Waals surface area contributed by atoms with Crippen molar-refractivity contribution in [3.63, 3.8) is 0 Å². The fourth-order valence-electron chi connectivity index (χ4n) is 6.58. The molecule has 0 spiro atoms. The van der Waals surface area contributed by atoms with Crippen molar-refractivity contribution >= 4 is 28.4 Å². The fraction of sp³-hybridized carbons (Fsp3) is 0.273. The topological polar surface area (TPSA) is 29.5 Å². The van der Waals surface area contributed by atoms with Gasteiger partial charge in [0.15, 0.2) is 0 Å². The summed E-state index contributed by atoms with van der Waals surface area (Å²) in [5.41, 5.74) is 13.3. The van der Waals surface area contributed by atoms with E-state index in [1.165, 1.54) is 60.8 Å². The molecule has 0 aromatic heterocycles. The monoisotopic (exact) mass is 941 g/mol. The quantitative estimate of drug-likeness (QED) is 0.148. The van der Waals surface area contributed by atoms with Crippen molar-refractivity contribution in [2.75, 3.05) is 6.61 Å². The van der Waals surface area contributed by atoms with Crippen LogP contribution < -0.4 is 4.74 Å². The number of halogens is 1. The van der Waals surface area contributed by atoms with Crippen LogP contribution in [0.1, 0.15) is 110 Å². The average Bonchev–Trinajstić information content (AvgIpc) is 3.39. The summed E-state index contributed by atoms with van der Waals surface area (Å²) in [5.74, 6) is 0.847. The first-order valence-electron chi connectivity index (χ1n) is 24.9. The first-order chi connectivity index (χ1) is 33.5. The largest absolute Gasteiger partial charge is 0.494 e. The van der Waals surface area contributed by atoms with Gasteiger partial charge >= 0.3 is 0 Å². The van der Waals surface area contributed by atoms with Crippen LogP contribution in [-0.4, -0.2) is 11.7 Å². The smallest absolute Gasteiger partial charge is 0.120 e. The summed E-state index contributed by atoms with van der Waals surface area (Å²) in [7, 11) is 0. The highest BCUT2D eigenvalue weighted by atomic mass is 35.5. The maximum atomic E-state index is 8.70. The molecule has 0 heterocycles. The van der Waals surface area contributed by atoms with Gasteiger partial charge in [0.2, 0.25) is 0 Å². The van der Waals surface area contributed by atoms with E-state index in [1.807, 2.05) is 60.7 Å². The first kappa shape index (κ1) is 58.9.